The fourth-order valence-electron chi connectivity index (χ4n) is 3.29. The van der Waals surface area contributed by atoms with Gasteiger partial charge >= 0.3 is 5.97 Å². The molecule has 0 atom stereocenters. The number of sulfonamides is 1. The average Bonchev–Trinajstić information content (AvgIpc) is 2.88. The first-order valence-electron chi connectivity index (χ1n) is 10.4. The third-order valence-electron chi connectivity index (χ3n) is 5.22. The van der Waals surface area contributed by atoms with Gasteiger partial charge in [-0.25, -0.2) is 26.3 Å². The van der Waals surface area contributed by atoms with Crippen LogP contribution in [0.3, 0.4) is 0 Å². The minimum atomic E-state index is -4.13. The molecule has 0 radical (unpaired) electrons. The van der Waals surface area contributed by atoms with Crippen LogP contribution in [-0.4, -0.2) is 45.8 Å². The maximum Gasteiger partial charge on any atom is 0.339 e. The van der Waals surface area contributed by atoms with Gasteiger partial charge < -0.3 is 10.1 Å². The number of nitrogens with one attached hydrogen (secondary N) is 1. The zero-order valence-corrected chi connectivity index (χ0v) is 24.5. The van der Waals surface area contributed by atoms with Gasteiger partial charge in [0.05, 0.1) is 33.8 Å². The highest BCUT2D eigenvalue weighted by molar-refractivity contribution is 14.2. The van der Waals surface area contributed by atoms with Crippen molar-refractivity contribution in [2.75, 3.05) is 26.5 Å². The molecular formula is C25H18ClF2IN2O5S2. The lowest BCUT2D eigenvalue weighted by atomic mass is 10.0. The summed E-state index contributed by atoms with van der Waals surface area (Å²) in [5.74, 6) is -1.08. The van der Waals surface area contributed by atoms with Crippen LogP contribution in [0.2, 0.25) is 5.02 Å². The lowest BCUT2D eigenvalue weighted by Gasteiger charge is -2.17. The third-order valence-corrected chi connectivity index (χ3v) is 8.23. The van der Waals surface area contributed by atoms with Crippen LogP contribution < -0.4 is 5.32 Å². The van der Waals surface area contributed by atoms with Crippen molar-refractivity contribution in [3.8, 4) is 22.3 Å². The van der Waals surface area contributed by atoms with Gasteiger partial charge in [0.1, 0.15) is 0 Å². The maximum absolute atomic E-state index is 13.8. The Bertz CT molecular complexity index is 1610. The van der Waals surface area contributed by atoms with Gasteiger partial charge in [0.25, 0.3) is 5.91 Å². The molecule has 1 amide bonds. The second-order valence-corrected chi connectivity index (χ2v) is 12.0. The van der Waals surface area contributed by atoms with Gasteiger partial charge in [-0.05, 0) is 61.7 Å². The fraction of sp³-hybridized carbons (Fsp3) is 0.120. The normalized spacial score (nSPS) is 11.1. The van der Waals surface area contributed by atoms with Gasteiger partial charge in [-0.15, -0.1) is 0 Å². The number of halogens is 4. The van der Waals surface area contributed by atoms with E-state index in [4.69, 9.17) is 16.3 Å². The van der Waals surface area contributed by atoms with E-state index in [0.717, 1.165) is 23.5 Å². The summed E-state index contributed by atoms with van der Waals surface area (Å²) in [5, 5.41) is 5.28. The minimum absolute atomic E-state index is 0.0366. The molecule has 3 aromatic rings. The highest BCUT2D eigenvalue weighted by Gasteiger charge is 2.27. The van der Waals surface area contributed by atoms with E-state index in [-0.39, 0.29) is 37.9 Å². The zero-order valence-electron chi connectivity index (χ0n) is 19.9. The number of nitrogens with zero attached hydrogens (tertiary/aromatic N) is 1. The van der Waals surface area contributed by atoms with E-state index >= 15 is 0 Å². The lowest BCUT2D eigenvalue weighted by molar-refractivity contribution is 0.0602. The van der Waals surface area contributed by atoms with E-state index in [1.807, 2.05) is 21.2 Å². The Balaban J connectivity index is 2.17. The topological polar surface area (TPSA) is 92.8 Å². The molecule has 1 N–H and O–H groups in total. The smallest absolute Gasteiger partial charge is 0.339 e. The molecule has 0 aliphatic heterocycles. The molecule has 3 rings (SSSR count). The Labute approximate surface area is 239 Å². The minimum Gasteiger partial charge on any atom is -0.465 e. The summed E-state index contributed by atoms with van der Waals surface area (Å²) in [6.07, 6.45) is 0. The van der Waals surface area contributed by atoms with Crippen molar-refractivity contribution < 1.29 is 31.5 Å². The maximum atomic E-state index is 13.8. The molecule has 0 saturated heterocycles. The fourth-order valence-corrected chi connectivity index (χ4v) is 5.07. The SMILES string of the molecule is COC(=O)c1ccc(-c2ccc(F)c(F)c2)cc1NC(=O)c1cc(Cl)c(C#CSI)cc1S(=O)(=O)N(C)C. The molecule has 38 heavy (non-hydrogen) atoms. The van der Waals surface area contributed by atoms with Crippen LogP contribution in [0.4, 0.5) is 14.5 Å². The molecule has 198 valence electrons. The van der Waals surface area contributed by atoms with Crippen molar-refractivity contribution in [2.45, 2.75) is 4.90 Å². The van der Waals surface area contributed by atoms with E-state index in [9.17, 15) is 26.8 Å². The van der Waals surface area contributed by atoms with Crippen LogP contribution in [0.15, 0.2) is 53.4 Å². The monoisotopic (exact) mass is 690 g/mol. The Morgan fingerprint density at radius 1 is 1.03 bits per heavy atom. The Kier molecular flexibility index (Phi) is 9.77. The number of esters is 1. The number of carbonyl (C=O) groups is 2. The predicted molar refractivity (Wildman–Crippen MR) is 152 cm³/mol. The van der Waals surface area contributed by atoms with Crippen LogP contribution in [0.1, 0.15) is 26.3 Å². The van der Waals surface area contributed by atoms with E-state index < -0.39 is 33.5 Å². The summed E-state index contributed by atoms with van der Waals surface area (Å²) in [5.41, 5.74) is 0.392. The number of benzene rings is 3. The van der Waals surface area contributed by atoms with E-state index in [2.05, 4.69) is 16.5 Å². The van der Waals surface area contributed by atoms with Crippen LogP contribution >= 0.6 is 41.7 Å². The second kappa shape index (κ2) is 12.4. The molecule has 7 nitrogen and oxygen atoms in total. The van der Waals surface area contributed by atoms with Crippen molar-refractivity contribution in [2.24, 2.45) is 0 Å². The van der Waals surface area contributed by atoms with Gasteiger partial charge in [0.15, 0.2) is 11.6 Å². The van der Waals surface area contributed by atoms with Gasteiger partial charge in [0, 0.05) is 40.9 Å². The number of amides is 1. The molecule has 0 aromatic heterocycles. The molecular weight excluding hydrogens is 673 g/mol. The van der Waals surface area contributed by atoms with E-state index in [1.165, 1.54) is 59.4 Å². The van der Waals surface area contributed by atoms with Crippen LogP contribution in [0.25, 0.3) is 11.1 Å². The van der Waals surface area contributed by atoms with Crippen LogP contribution in [0.5, 0.6) is 0 Å². The lowest BCUT2D eigenvalue weighted by Crippen LogP contribution is -2.26. The Morgan fingerprint density at radius 2 is 1.68 bits per heavy atom. The molecule has 0 fully saturated rings. The zero-order chi connectivity index (χ0) is 28.2. The van der Waals surface area contributed by atoms with Crippen molar-refractivity contribution in [1.82, 2.24) is 4.31 Å². The summed E-state index contributed by atoms with van der Waals surface area (Å²) in [4.78, 5) is 25.5. The number of carbonyl (C=O) groups excluding carboxylic acids is 2. The van der Waals surface area contributed by atoms with Gasteiger partial charge in [-0.1, -0.05) is 29.7 Å². The molecule has 0 bridgehead atoms. The second-order valence-electron chi connectivity index (χ2n) is 7.75. The molecule has 0 unspecified atom stereocenters. The highest BCUT2D eigenvalue weighted by atomic mass is 127. The van der Waals surface area contributed by atoms with Gasteiger partial charge in [0.2, 0.25) is 10.0 Å². The molecule has 0 heterocycles. The molecule has 0 aliphatic carbocycles. The van der Waals surface area contributed by atoms with Crippen molar-refractivity contribution >= 4 is 69.3 Å². The van der Waals surface area contributed by atoms with E-state index in [0.29, 0.717) is 5.56 Å². The molecule has 3 aromatic carbocycles. The van der Waals surface area contributed by atoms with Gasteiger partial charge in [-0.2, -0.15) is 0 Å². The predicted octanol–water partition coefficient (Wildman–Crippen LogP) is 5.97. The van der Waals surface area contributed by atoms with Crippen molar-refractivity contribution in [3.63, 3.8) is 0 Å². The molecule has 0 aliphatic rings. The number of methoxy groups -OCH3 is 1. The Morgan fingerprint density at radius 3 is 2.29 bits per heavy atom. The molecule has 13 heteroatoms. The number of rotatable bonds is 6. The van der Waals surface area contributed by atoms with Crippen molar-refractivity contribution in [3.05, 3.63) is 81.9 Å². The number of anilines is 1. The standard InChI is InChI=1S/C25H18ClF2IN2O5S2/c1-31(2)38(34,35)23-12-16(8-9-37-29)19(26)13-18(23)24(32)30-22-11-15(4-6-17(22)25(33)36-3)14-5-7-20(27)21(28)10-14/h4-7,10-13H,1-3H3,(H,30,32). The third kappa shape index (κ3) is 6.47. The first-order valence-corrected chi connectivity index (χ1v) is 15.6. The first kappa shape index (κ1) is 29.9. The van der Waals surface area contributed by atoms with Crippen LogP contribution in [-0.2, 0) is 14.8 Å². The first-order chi connectivity index (χ1) is 17.9. The summed E-state index contributed by atoms with van der Waals surface area (Å²) in [6, 6.07) is 9.76. The number of ether oxygens (including phenoxy) is 1. The molecule has 0 saturated carbocycles. The van der Waals surface area contributed by atoms with E-state index in [1.54, 1.807) is 0 Å². The highest BCUT2D eigenvalue weighted by Crippen LogP contribution is 2.31. The molecule has 0 spiro atoms. The Hall–Kier alpha value is -2.70. The average molecular weight is 691 g/mol. The summed E-state index contributed by atoms with van der Waals surface area (Å²) >= 11 is 8.25. The largest absolute Gasteiger partial charge is 0.465 e. The summed E-state index contributed by atoms with van der Waals surface area (Å²) < 4.78 is 59.1. The van der Waals surface area contributed by atoms with Crippen LogP contribution in [0, 0.1) is 22.8 Å². The number of hydrogen-bond acceptors (Lipinski definition) is 6. The quantitative estimate of drug-likeness (QED) is 0.195. The number of hydrogen-bond donors (Lipinski definition) is 1. The van der Waals surface area contributed by atoms with Crippen molar-refractivity contribution in [1.29, 1.82) is 0 Å². The summed E-state index contributed by atoms with van der Waals surface area (Å²) in [7, 11) is 0.789. The summed E-state index contributed by atoms with van der Waals surface area (Å²) in [6.45, 7) is 0. The van der Waals surface area contributed by atoms with Gasteiger partial charge in [-0.3, -0.25) is 4.79 Å².